The molecule has 0 radical (unpaired) electrons. The normalized spacial score (nSPS) is 20.5. The monoisotopic (exact) mass is 365 g/mol. The summed E-state index contributed by atoms with van der Waals surface area (Å²) in [6.07, 6.45) is 4.59. The van der Waals surface area contributed by atoms with E-state index in [1.807, 2.05) is 18.7 Å². The van der Waals surface area contributed by atoms with Crippen molar-refractivity contribution >= 4 is 16.0 Å². The molecule has 2 fully saturated rings. The van der Waals surface area contributed by atoms with E-state index >= 15 is 0 Å². The third kappa shape index (κ3) is 4.42. The van der Waals surface area contributed by atoms with Crippen molar-refractivity contribution in [1.82, 2.24) is 4.90 Å². The highest BCUT2D eigenvalue weighted by molar-refractivity contribution is 7.86. The van der Waals surface area contributed by atoms with Gasteiger partial charge in [0.15, 0.2) is 0 Å². The molecular weight excluding hydrogens is 338 g/mol. The molecule has 3 rings (SSSR count). The number of hydrogen-bond acceptors (Lipinski definition) is 4. The first-order valence-corrected chi connectivity index (χ1v) is 10.5. The van der Waals surface area contributed by atoms with E-state index in [1.165, 1.54) is 0 Å². The Morgan fingerprint density at radius 2 is 1.80 bits per heavy atom. The molecule has 0 atom stereocenters. The Balaban J connectivity index is 1.42. The molecule has 1 heterocycles. The van der Waals surface area contributed by atoms with Crippen molar-refractivity contribution in [1.29, 1.82) is 0 Å². The van der Waals surface area contributed by atoms with Crippen LogP contribution in [0, 0.1) is 18.3 Å². The highest BCUT2D eigenvalue weighted by atomic mass is 32.2. The Kier molecular flexibility index (Phi) is 5.21. The maximum atomic E-state index is 12.3. The number of carbonyl (C=O) groups is 1. The van der Waals surface area contributed by atoms with Crippen LogP contribution in [0.25, 0.3) is 0 Å². The summed E-state index contributed by atoms with van der Waals surface area (Å²) in [5, 5.41) is 0. The van der Waals surface area contributed by atoms with Crippen LogP contribution < -0.4 is 0 Å². The van der Waals surface area contributed by atoms with E-state index < -0.39 is 10.1 Å². The first kappa shape index (κ1) is 18.4. The van der Waals surface area contributed by atoms with E-state index in [2.05, 4.69) is 0 Å². The Morgan fingerprint density at radius 1 is 1.20 bits per heavy atom. The molecule has 0 unspecified atom stereocenters. The quantitative estimate of drug-likeness (QED) is 0.727. The van der Waals surface area contributed by atoms with Crippen molar-refractivity contribution in [2.45, 2.75) is 50.8 Å². The van der Waals surface area contributed by atoms with Crippen molar-refractivity contribution < 1.29 is 17.4 Å². The zero-order chi connectivity index (χ0) is 18.1. The fraction of sp³-hybridized carbons (Fsp3) is 0.632. The molecule has 0 spiro atoms. The first-order chi connectivity index (χ1) is 11.8. The number of carbonyl (C=O) groups excluding carboxylic acids is 1. The molecule has 1 saturated heterocycles. The van der Waals surface area contributed by atoms with E-state index in [0.717, 1.165) is 44.3 Å². The number of piperidine rings is 1. The van der Waals surface area contributed by atoms with Crippen LogP contribution in [0.5, 0.6) is 0 Å². The summed E-state index contributed by atoms with van der Waals surface area (Å²) in [5.41, 5.74) is 0.915. The standard InChI is InChI=1S/C19H27NO4S/c1-15-3-5-17(6-4-15)25(22,23)24-14-9-16-7-12-20(13-8-16)18(21)19(2)10-11-19/h3-6,16H,7-14H2,1-2H3. The minimum Gasteiger partial charge on any atom is -0.342 e. The van der Waals surface area contributed by atoms with Gasteiger partial charge in [0.1, 0.15) is 0 Å². The summed E-state index contributed by atoms with van der Waals surface area (Å²) >= 11 is 0. The summed E-state index contributed by atoms with van der Waals surface area (Å²) in [5.74, 6) is 0.716. The van der Waals surface area contributed by atoms with Crippen LogP contribution in [0.2, 0.25) is 0 Å². The average molecular weight is 365 g/mol. The Labute approximate surface area is 150 Å². The molecule has 1 aromatic carbocycles. The molecule has 2 aliphatic rings. The summed E-state index contributed by atoms with van der Waals surface area (Å²) < 4.78 is 29.5. The predicted octanol–water partition coefficient (Wildman–Crippen LogP) is 3.13. The van der Waals surface area contributed by atoms with E-state index in [0.29, 0.717) is 18.2 Å². The molecule has 1 amide bonds. The van der Waals surface area contributed by atoms with Gasteiger partial charge in [-0.1, -0.05) is 24.6 Å². The van der Waals surface area contributed by atoms with Gasteiger partial charge in [-0.15, -0.1) is 0 Å². The van der Waals surface area contributed by atoms with Crippen molar-refractivity contribution in [3.8, 4) is 0 Å². The molecule has 0 aromatic heterocycles. The number of nitrogens with zero attached hydrogens (tertiary/aromatic N) is 1. The van der Waals surface area contributed by atoms with Gasteiger partial charge in [0.05, 0.1) is 11.5 Å². The minimum absolute atomic E-state index is 0.0991. The van der Waals surface area contributed by atoms with Crippen molar-refractivity contribution in [3.63, 3.8) is 0 Å². The number of rotatable bonds is 6. The lowest BCUT2D eigenvalue weighted by Gasteiger charge is -2.33. The van der Waals surface area contributed by atoms with Gasteiger partial charge < -0.3 is 4.90 Å². The molecule has 0 N–H and O–H groups in total. The van der Waals surface area contributed by atoms with E-state index in [9.17, 15) is 13.2 Å². The second-order valence-electron chi connectivity index (χ2n) is 7.67. The van der Waals surface area contributed by atoms with Crippen LogP contribution in [-0.2, 0) is 19.1 Å². The Bertz CT molecular complexity index is 714. The molecule has 1 aliphatic heterocycles. The van der Waals surface area contributed by atoms with Crippen LogP contribution in [0.4, 0.5) is 0 Å². The summed E-state index contributed by atoms with van der Waals surface area (Å²) in [7, 11) is -3.68. The van der Waals surface area contributed by atoms with Crippen LogP contribution >= 0.6 is 0 Å². The van der Waals surface area contributed by atoms with Crippen molar-refractivity contribution in [2.75, 3.05) is 19.7 Å². The van der Waals surface area contributed by atoms with Crippen LogP contribution in [0.1, 0.15) is 44.6 Å². The number of benzene rings is 1. The summed E-state index contributed by atoms with van der Waals surface area (Å²) in [6.45, 7) is 5.73. The zero-order valence-corrected chi connectivity index (χ0v) is 15.8. The van der Waals surface area contributed by atoms with Gasteiger partial charge in [0, 0.05) is 18.5 Å². The lowest BCUT2D eigenvalue weighted by Crippen LogP contribution is -2.42. The molecule has 6 heteroatoms. The molecule has 0 bridgehead atoms. The number of likely N-dealkylation sites (tertiary alicyclic amines) is 1. The van der Waals surface area contributed by atoms with E-state index in [-0.39, 0.29) is 16.9 Å². The number of aryl methyl sites for hydroxylation is 1. The third-order valence-electron chi connectivity index (χ3n) is 5.49. The maximum absolute atomic E-state index is 12.3. The van der Waals surface area contributed by atoms with Gasteiger partial charge in [0.25, 0.3) is 10.1 Å². The second kappa shape index (κ2) is 7.08. The smallest absolute Gasteiger partial charge is 0.296 e. The lowest BCUT2D eigenvalue weighted by molar-refractivity contribution is -0.137. The highest BCUT2D eigenvalue weighted by Crippen LogP contribution is 2.47. The third-order valence-corrected chi connectivity index (χ3v) is 6.82. The highest BCUT2D eigenvalue weighted by Gasteiger charge is 2.47. The fourth-order valence-corrected chi connectivity index (χ4v) is 4.23. The van der Waals surface area contributed by atoms with Crippen LogP contribution in [0.3, 0.4) is 0 Å². The molecular formula is C19H27NO4S. The minimum atomic E-state index is -3.68. The van der Waals surface area contributed by atoms with Crippen molar-refractivity contribution in [2.24, 2.45) is 11.3 Å². The van der Waals surface area contributed by atoms with Crippen LogP contribution in [0.15, 0.2) is 29.2 Å². The van der Waals surface area contributed by atoms with Crippen LogP contribution in [-0.4, -0.2) is 38.9 Å². The molecule has 1 saturated carbocycles. The van der Waals surface area contributed by atoms with E-state index in [1.54, 1.807) is 24.3 Å². The summed E-state index contributed by atoms with van der Waals surface area (Å²) in [6, 6.07) is 6.69. The Hall–Kier alpha value is -1.40. The molecule has 5 nitrogen and oxygen atoms in total. The lowest BCUT2D eigenvalue weighted by atomic mass is 9.93. The van der Waals surface area contributed by atoms with Gasteiger partial charge in [-0.2, -0.15) is 8.42 Å². The molecule has 138 valence electrons. The predicted molar refractivity (Wildman–Crippen MR) is 95.6 cm³/mol. The van der Waals surface area contributed by atoms with E-state index in [4.69, 9.17) is 4.18 Å². The second-order valence-corrected chi connectivity index (χ2v) is 9.29. The van der Waals surface area contributed by atoms with Gasteiger partial charge in [-0.05, 0) is 57.1 Å². The molecule has 1 aliphatic carbocycles. The number of hydrogen-bond donors (Lipinski definition) is 0. The first-order valence-electron chi connectivity index (χ1n) is 9.06. The molecule has 25 heavy (non-hydrogen) atoms. The summed E-state index contributed by atoms with van der Waals surface area (Å²) in [4.78, 5) is 14.5. The topological polar surface area (TPSA) is 63.7 Å². The fourth-order valence-electron chi connectivity index (χ4n) is 3.31. The molecule has 1 aromatic rings. The largest absolute Gasteiger partial charge is 0.342 e. The number of amides is 1. The van der Waals surface area contributed by atoms with Crippen molar-refractivity contribution in [3.05, 3.63) is 29.8 Å². The van der Waals surface area contributed by atoms with Gasteiger partial charge in [-0.25, -0.2) is 0 Å². The zero-order valence-electron chi connectivity index (χ0n) is 15.0. The van der Waals surface area contributed by atoms with Gasteiger partial charge >= 0.3 is 0 Å². The maximum Gasteiger partial charge on any atom is 0.296 e. The van der Waals surface area contributed by atoms with Gasteiger partial charge in [0.2, 0.25) is 5.91 Å². The SMILES string of the molecule is Cc1ccc(S(=O)(=O)OCCC2CCN(C(=O)C3(C)CC3)CC2)cc1. The Morgan fingerprint density at radius 3 is 2.36 bits per heavy atom. The average Bonchev–Trinajstić information content (AvgIpc) is 3.34. The van der Waals surface area contributed by atoms with Gasteiger partial charge in [-0.3, -0.25) is 8.98 Å².